The summed E-state index contributed by atoms with van der Waals surface area (Å²) in [6, 6.07) is 19.5. The Morgan fingerprint density at radius 3 is 1.26 bits per heavy atom. The number of hydrogen-bond donors (Lipinski definition) is 2. The number of nitrogens with zero attached hydrogens (tertiary/aromatic N) is 2. The van der Waals surface area contributed by atoms with Crippen LogP contribution in [0.5, 0.6) is 0 Å². The lowest BCUT2D eigenvalue weighted by atomic mass is 10.1. The van der Waals surface area contributed by atoms with Gasteiger partial charge in [-0.15, -0.1) is 0 Å². The molecule has 2 aliphatic heterocycles. The van der Waals surface area contributed by atoms with Crippen LogP contribution in [-0.4, -0.2) is 70.2 Å². The third-order valence-electron chi connectivity index (χ3n) is 5.99. The molecule has 0 aliphatic carbocycles. The molecule has 0 bridgehead atoms. The predicted molar refractivity (Wildman–Crippen MR) is 135 cm³/mol. The maximum atomic E-state index is 11.8. The number of likely N-dealkylation sites (tertiary alicyclic amines) is 2. The van der Waals surface area contributed by atoms with Crippen LogP contribution in [0, 0.1) is 0 Å². The van der Waals surface area contributed by atoms with Crippen molar-refractivity contribution >= 4 is 24.0 Å². The first-order valence-electron chi connectivity index (χ1n) is 11.9. The molecule has 2 saturated heterocycles. The Balaban J connectivity index is 0.000000191. The summed E-state index contributed by atoms with van der Waals surface area (Å²) in [6.45, 7) is 2.61. The van der Waals surface area contributed by atoms with Crippen molar-refractivity contribution < 1.29 is 19.8 Å². The number of carbonyl (C=O) groups is 2. The Morgan fingerprint density at radius 2 is 0.941 bits per heavy atom. The Kier molecular flexibility index (Phi) is 10.1. The van der Waals surface area contributed by atoms with Gasteiger partial charge in [0.05, 0.1) is 12.2 Å². The van der Waals surface area contributed by atoms with Gasteiger partial charge in [0.25, 0.3) is 0 Å². The minimum Gasteiger partial charge on any atom is -0.393 e. The van der Waals surface area contributed by atoms with E-state index in [4.69, 9.17) is 0 Å². The predicted octanol–water partition coefficient (Wildman–Crippen LogP) is 3.37. The number of aliphatic hydroxyl groups excluding tert-OH is 2. The van der Waals surface area contributed by atoms with Crippen molar-refractivity contribution in [3.05, 3.63) is 83.9 Å². The lowest BCUT2D eigenvalue weighted by molar-refractivity contribution is -0.128. The van der Waals surface area contributed by atoms with Gasteiger partial charge in [-0.05, 0) is 49.0 Å². The van der Waals surface area contributed by atoms with Gasteiger partial charge in [0.1, 0.15) is 0 Å². The molecule has 2 amide bonds. The molecule has 4 rings (SSSR count). The van der Waals surface area contributed by atoms with E-state index in [1.165, 1.54) is 0 Å². The van der Waals surface area contributed by atoms with Gasteiger partial charge in [-0.2, -0.15) is 0 Å². The van der Waals surface area contributed by atoms with E-state index in [0.717, 1.165) is 11.1 Å². The van der Waals surface area contributed by atoms with Gasteiger partial charge >= 0.3 is 0 Å². The quantitative estimate of drug-likeness (QED) is 0.683. The minimum atomic E-state index is -0.239. The van der Waals surface area contributed by atoms with Crippen LogP contribution in [0.25, 0.3) is 12.2 Å². The van der Waals surface area contributed by atoms with Crippen molar-refractivity contribution in [3.8, 4) is 0 Å². The summed E-state index contributed by atoms with van der Waals surface area (Å²) in [6.07, 6.45) is 9.13. The first-order chi connectivity index (χ1) is 16.5. The van der Waals surface area contributed by atoms with Crippen molar-refractivity contribution in [3.63, 3.8) is 0 Å². The fourth-order valence-corrected chi connectivity index (χ4v) is 3.85. The van der Waals surface area contributed by atoms with Crippen LogP contribution < -0.4 is 0 Å². The average molecular weight is 463 g/mol. The smallest absolute Gasteiger partial charge is 0.246 e. The first kappa shape index (κ1) is 25.4. The molecule has 2 heterocycles. The molecule has 2 aliphatic rings. The Bertz CT molecular complexity index is 863. The topological polar surface area (TPSA) is 81.1 Å². The zero-order chi connectivity index (χ0) is 24.2. The third kappa shape index (κ3) is 8.61. The Morgan fingerprint density at radius 1 is 0.618 bits per heavy atom. The van der Waals surface area contributed by atoms with Crippen LogP contribution >= 0.6 is 0 Å². The molecule has 2 aromatic rings. The number of aliphatic hydroxyl groups is 2. The zero-order valence-electron chi connectivity index (χ0n) is 19.5. The molecule has 6 nitrogen and oxygen atoms in total. The molecule has 0 unspecified atom stereocenters. The van der Waals surface area contributed by atoms with Gasteiger partial charge in [-0.1, -0.05) is 60.7 Å². The molecule has 0 saturated carbocycles. The Hall–Kier alpha value is -3.22. The monoisotopic (exact) mass is 462 g/mol. The van der Waals surface area contributed by atoms with E-state index in [2.05, 4.69) is 0 Å². The third-order valence-corrected chi connectivity index (χ3v) is 5.99. The highest BCUT2D eigenvalue weighted by atomic mass is 16.3. The normalized spacial score (nSPS) is 17.6. The summed E-state index contributed by atoms with van der Waals surface area (Å²) >= 11 is 0. The summed E-state index contributed by atoms with van der Waals surface area (Å²) in [5.41, 5.74) is 2.05. The van der Waals surface area contributed by atoms with Crippen LogP contribution in [0.1, 0.15) is 36.8 Å². The van der Waals surface area contributed by atoms with Crippen molar-refractivity contribution in [2.75, 3.05) is 26.2 Å². The number of amides is 2. The highest BCUT2D eigenvalue weighted by molar-refractivity contribution is 5.92. The van der Waals surface area contributed by atoms with Gasteiger partial charge < -0.3 is 20.0 Å². The van der Waals surface area contributed by atoms with Crippen molar-refractivity contribution in [2.24, 2.45) is 0 Å². The summed E-state index contributed by atoms with van der Waals surface area (Å²) in [5.74, 6) is 0.0570. The van der Waals surface area contributed by atoms with Gasteiger partial charge in [0.15, 0.2) is 0 Å². The summed E-state index contributed by atoms with van der Waals surface area (Å²) in [4.78, 5) is 27.2. The van der Waals surface area contributed by atoms with E-state index in [-0.39, 0.29) is 24.0 Å². The summed E-state index contributed by atoms with van der Waals surface area (Å²) < 4.78 is 0. The fraction of sp³-hybridized carbons (Fsp3) is 0.357. The molecule has 34 heavy (non-hydrogen) atoms. The van der Waals surface area contributed by atoms with Crippen LogP contribution in [0.2, 0.25) is 0 Å². The van der Waals surface area contributed by atoms with Crippen LogP contribution in [0.15, 0.2) is 72.8 Å². The number of carbonyl (C=O) groups excluding carboxylic acids is 2. The van der Waals surface area contributed by atoms with Gasteiger partial charge in [-0.3, -0.25) is 9.59 Å². The van der Waals surface area contributed by atoms with Gasteiger partial charge in [0, 0.05) is 38.3 Å². The molecule has 0 aromatic heterocycles. The average Bonchev–Trinajstić information content (AvgIpc) is 2.88. The second-order valence-corrected chi connectivity index (χ2v) is 8.60. The molecular weight excluding hydrogens is 428 g/mol. The largest absolute Gasteiger partial charge is 0.393 e. The van der Waals surface area contributed by atoms with E-state index < -0.39 is 0 Å². The number of rotatable bonds is 4. The number of hydrogen-bond acceptors (Lipinski definition) is 4. The van der Waals surface area contributed by atoms with Crippen molar-refractivity contribution in [1.82, 2.24) is 9.80 Å². The van der Waals surface area contributed by atoms with Crippen molar-refractivity contribution in [2.45, 2.75) is 37.9 Å². The van der Waals surface area contributed by atoms with E-state index in [9.17, 15) is 19.8 Å². The summed E-state index contributed by atoms with van der Waals surface area (Å²) in [7, 11) is 0. The maximum Gasteiger partial charge on any atom is 0.246 e. The van der Waals surface area contributed by atoms with E-state index in [0.29, 0.717) is 51.9 Å². The van der Waals surface area contributed by atoms with Gasteiger partial charge in [0.2, 0.25) is 11.8 Å². The lowest BCUT2D eigenvalue weighted by Crippen LogP contribution is -2.39. The van der Waals surface area contributed by atoms with E-state index in [1.807, 2.05) is 72.8 Å². The molecule has 0 atom stereocenters. The molecule has 2 aromatic carbocycles. The van der Waals surface area contributed by atoms with Gasteiger partial charge in [-0.25, -0.2) is 0 Å². The lowest BCUT2D eigenvalue weighted by Gasteiger charge is -2.28. The van der Waals surface area contributed by atoms with Crippen LogP contribution in [0.3, 0.4) is 0 Å². The SMILES string of the molecule is O=C(/C=C/c1ccccc1)N1CCC(O)CC1.O=C(/C=C/c1ccccc1)N1CCC(O)CC1. The van der Waals surface area contributed by atoms with E-state index >= 15 is 0 Å². The van der Waals surface area contributed by atoms with Crippen LogP contribution in [-0.2, 0) is 9.59 Å². The van der Waals surface area contributed by atoms with E-state index in [1.54, 1.807) is 22.0 Å². The molecule has 0 radical (unpaired) electrons. The zero-order valence-corrected chi connectivity index (χ0v) is 19.5. The Labute approximate surface area is 201 Å². The highest BCUT2D eigenvalue weighted by Crippen LogP contribution is 2.12. The number of benzene rings is 2. The fourth-order valence-electron chi connectivity index (χ4n) is 3.85. The van der Waals surface area contributed by atoms with Crippen molar-refractivity contribution in [1.29, 1.82) is 0 Å². The maximum absolute atomic E-state index is 11.8. The minimum absolute atomic E-state index is 0.0285. The second-order valence-electron chi connectivity index (χ2n) is 8.60. The molecule has 0 spiro atoms. The molecule has 2 N–H and O–H groups in total. The molecule has 6 heteroatoms. The number of piperidine rings is 2. The first-order valence-corrected chi connectivity index (χ1v) is 11.9. The molecular formula is C28H34N2O4. The molecule has 180 valence electrons. The summed E-state index contributed by atoms with van der Waals surface area (Å²) in [5, 5.41) is 18.7. The second kappa shape index (κ2) is 13.5. The standard InChI is InChI=1S/2C14H17NO2/c2*16-13-8-10-15(11-9-13)14(17)7-6-12-4-2-1-3-5-12/h2*1-7,13,16H,8-11H2/b2*7-6+. The highest BCUT2D eigenvalue weighted by Gasteiger charge is 2.20. The molecule has 2 fully saturated rings. The van der Waals surface area contributed by atoms with Crippen LogP contribution in [0.4, 0.5) is 0 Å².